The lowest BCUT2D eigenvalue weighted by molar-refractivity contribution is 0.413. The number of methoxy groups -OCH3 is 1. The molecule has 0 spiro atoms. The van der Waals surface area contributed by atoms with Crippen molar-refractivity contribution in [2.24, 2.45) is 0 Å². The van der Waals surface area contributed by atoms with Crippen LogP contribution in [-0.4, -0.2) is 20.5 Å². The van der Waals surface area contributed by atoms with Gasteiger partial charge in [0.1, 0.15) is 5.75 Å². The van der Waals surface area contributed by atoms with Crippen LogP contribution < -0.4 is 4.74 Å². The number of nitrogens with zero attached hydrogens (tertiary/aromatic N) is 1. The van der Waals surface area contributed by atoms with E-state index in [0.717, 1.165) is 30.5 Å². The van der Waals surface area contributed by atoms with Crippen LogP contribution in [0.1, 0.15) is 46.7 Å². The van der Waals surface area contributed by atoms with Crippen LogP contribution in [0.4, 0.5) is 0 Å². The number of fused-ring (bicyclic) bond motifs is 1. The first kappa shape index (κ1) is 17.0. The number of ether oxygens (including phenoxy) is 1. The van der Waals surface area contributed by atoms with Crippen molar-refractivity contribution in [3.8, 4) is 5.75 Å². The summed E-state index contributed by atoms with van der Waals surface area (Å²) in [7, 11) is -1.77. The predicted molar refractivity (Wildman–Crippen MR) is 95.0 cm³/mol. The van der Waals surface area contributed by atoms with Crippen LogP contribution in [0.25, 0.3) is 0 Å². The Hall–Kier alpha value is -1.88. The molecule has 2 aromatic rings. The van der Waals surface area contributed by atoms with Crippen molar-refractivity contribution in [3.05, 3.63) is 58.4 Å². The second-order valence-electron chi connectivity index (χ2n) is 6.47. The molecule has 0 amide bonds. The summed E-state index contributed by atoms with van der Waals surface area (Å²) in [5.41, 5.74) is 4.80. The third kappa shape index (κ3) is 3.46. The maximum absolute atomic E-state index is 12.8. The van der Waals surface area contributed by atoms with Gasteiger partial charge in [0.2, 0.25) is 0 Å². The van der Waals surface area contributed by atoms with Gasteiger partial charge in [0.15, 0.2) is 9.84 Å². The number of aryl methyl sites for hydroxylation is 3. The third-order valence-electron chi connectivity index (χ3n) is 4.70. The van der Waals surface area contributed by atoms with Gasteiger partial charge in [0, 0.05) is 17.8 Å². The van der Waals surface area contributed by atoms with E-state index in [0.29, 0.717) is 11.4 Å². The Morgan fingerprint density at radius 2 is 1.92 bits per heavy atom. The number of benzene rings is 1. The molecular formula is C19H23NO3S. The van der Waals surface area contributed by atoms with Crippen LogP contribution in [0, 0.1) is 6.92 Å². The zero-order valence-electron chi connectivity index (χ0n) is 14.4. The topological polar surface area (TPSA) is 56.3 Å². The molecule has 128 valence electrons. The highest BCUT2D eigenvalue weighted by atomic mass is 32.2. The largest absolute Gasteiger partial charge is 0.497 e. The van der Waals surface area contributed by atoms with Crippen LogP contribution in [0.2, 0.25) is 0 Å². The van der Waals surface area contributed by atoms with Crippen molar-refractivity contribution >= 4 is 9.84 Å². The fourth-order valence-electron chi connectivity index (χ4n) is 3.28. The number of rotatable bonds is 5. The quantitative estimate of drug-likeness (QED) is 0.831. The first-order valence-electron chi connectivity index (χ1n) is 8.24. The Morgan fingerprint density at radius 3 is 2.67 bits per heavy atom. The van der Waals surface area contributed by atoms with E-state index in [2.05, 4.69) is 17.1 Å². The normalized spacial score (nSPS) is 15.1. The summed E-state index contributed by atoms with van der Waals surface area (Å²) >= 11 is 0. The zero-order valence-corrected chi connectivity index (χ0v) is 15.2. The van der Waals surface area contributed by atoms with Crippen LogP contribution in [0.15, 0.2) is 30.3 Å². The van der Waals surface area contributed by atoms with Gasteiger partial charge in [-0.1, -0.05) is 18.2 Å². The van der Waals surface area contributed by atoms with Gasteiger partial charge < -0.3 is 4.74 Å². The van der Waals surface area contributed by atoms with E-state index in [-0.39, 0.29) is 5.75 Å². The molecular weight excluding hydrogens is 322 g/mol. The molecule has 3 rings (SSSR count). The highest BCUT2D eigenvalue weighted by molar-refractivity contribution is 7.90. The lowest BCUT2D eigenvalue weighted by Crippen LogP contribution is -2.14. The molecule has 0 fully saturated rings. The Balaban J connectivity index is 1.86. The minimum absolute atomic E-state index is 0.0801. The standard InChI is InChI=1S/C19H23NO3S/c1-13-9-19(23-3)11-18(20-13)12-24(21,22)14(2)16-8-7-15-5-4-6-17(15)10-16/h7-11,14H,4-6,12H2,1-3H3. The highest BCUT2D eigenvalue weighted by Gasteiger charge is 2.25. The summed E-state index contributed by atoms with van der Waals surface area (Å²) in [4.78, 5) is 4.34. The number of hydrogen-bond donors (Lipinski definition) is 0. The van der Waals surface area contributed by atoms with Gasteiger partial charge in [0.05, 0.1) is 23.8 Å². The van der Waals surface area contributed by atoms with Crippen molar-refractivity contribution in [2.45, 2.75) is 44.1 Å². The van der Waals surface area contributed by atoms with Gasteiger partial charge in [-0.05, 0) is 49.8 Å². The minimum Gasteiger partial charge on any atom is -0.497 e. The second-order valence-corrected chi connectivity index (χ2v) is 8.79. The maximum atomic E-state index is 12.8. The Morgan fingerprint density at radius 1 is 1.17 bits per heavy atom. The van der Waals surface area contributed by atoms with Crippen molar-refractivity contribution in [1.29, 1.82) is 0 Å². The Kier molecular flexibility index (Phi) is 4.63. The number of sulfone groups is 1. The zero-order chi connectivity index (χ0) is 17.3. The Labute approximate surface area is 143 Å². The molecule has 4 nitrogen and oxygen atoms in total. The SMILES string of the molecule is COc1cc(C)nc(CS(=O)(=O)C(C)c2ccc3c(c2)CCC3)c1. The first-order valence-corrected chi connectivity index (χ1v) is 9.95. The third-order valence-corrected chi connectivity index (χ3v) is 6.74. The van der Waals surface area contributed by atoms with Crippen LogP contribution in [0.3, 0.4) is 0 Å². The molecule has 1 unspecified atom stereocenters. The van der Waals surface area contributed by atoms with Gasteiger partial charge in [0.25, 0.3) is 0 Å². The molecule has 1 aliphatic rings. The molecule has 0 aliphatic heterocycles. The summed E-state index contributed by atoms with van der Waals surface area (Å²) in [5, 5.41) is -0.545. The second kappa shape index (κ2) is 6.55. The average molecular weight is 345 g/mol. The lowest BCUT2D eigenvalue weighted by atomic mass is 10.0. The molecule has 1 aromatic heterocycles. The van der Waals surface area contributed by atoms with Gasteiger partial charge in [-0.2, -0.15) is 0 Å². The fourth-order valence-corrected chi connectivity index (χ4v) is 4.65. The van der Waals surface area contributed by atoms with Gasteiger partial charge >= 0.3 is 0 Å². The smallest absolute Gasteiger partial charge is 0.162 e. The van der Waals surface area contributed by atoms with E-state index in [1.165, 1.54) is 11.1 Å². The number of aromatic nitrogens is 1. The summed E-state index contributed by atoms with van der Waals surface area (Å²) in [5.74, 6) is 0.557. The molecule has 0 saturated heterocycles. The predicted octanol–water partition coefficient (Wildman–Crippen LogP) is 3.56. The Bertz CT molecular complexity index is 859. The van der Waals surface area contributed by atoms with Crippen molar-refractivity contribution < 1.29 is 13.2 Å². The average Bonchev–Trinajstić information content (AvgIpc) is 3.00. The van der Waals surface area contributed by atoms with E-state index < -0.39 is 15.1 Å². The van der Waals surface area contributed by atoms with Gasteiger partial charge in [-0.25, -0.2) is 8.42 Å². The minimum atomic E-state index is -3.34. The fraction of sp³-hybridized carbons (Fsp3) is 0.421. The van der Waals surface area contributed by atoms with Crippen LogP contribution in [0.5, 0.6) is 5.75 Å². The molecule has 1 aromatic carbocycles. The summed E-state index contributed by atoms with van der Waals surface area (Å²) in [6, 6.07) is 9.59. The van der Waals surface area contributed by atoms with Crippen molar-refractivity contribution in [2.75, 3.05) is 7.11 Å². The molecule has 0 N–H and O–H groups in total. The molecule has 24 heavy (non-hydrogen) atoms. The lowest BCUT2D eigenvalue weighted by Gasteiger charge is -2.15. The highest BCUT2D eigenvalue weighted by Crippen LogP contribution is 2.30. The van der Waals surface area contributed by atoms with Crippen LogP contribution in [-0.2, 0) is 28.4 Å². The van der Waals surface area contributed by atoms with Crippen molar-refractivity contribution in [3.63, 3.8) is 0 Å². The molecule has 5 heteroatoms. The molecule has 1 heterocycles. The molecule has 0 bridgehead atoms. The summed E-state index contributed by atoms with van der Waals surface area (Å²) in [6.45, 7) is 3.60. The maximum Gasteiger partial charge on any atom is 0.162 e. The van der Waals surface area contributed by atoms with E-state index in [4.69, 9.17) is 4.74 Å². The van der Waals surface area contributed by atoms with E-state index >= 15 is 0 Å². The first-order chi connectivity index (χ1) is 11.4. The number of hydrogen-bond acceptors (Lipinski definition) is 4. The monoisotopic (exact) mass is 345 g/mol. The van der Waals surface area contributed by atoms with Gasteiger partial charge in [-0.3, -0.25) is 4.98 Å². The number of pyridine rings is 1. The van der Waals surface area contributed by atoms with E-state index in [1.54, 1.807) is 26.2 Å². The molecule has 0 radical (unpaired) electrons. The summed E-state index contributed by atoms with van der Waals surface area (Å²) < 4.78 is 30.9. The molecule has 1 atom stereocenters. The van der Waals surface area contributed by atoms with Crippen molar-refractivity contribution in [1.82, 2.24) is 4.98 Å². The molecule has 0 saturated carbocycles. The van der Waals surface area contributed by atoms with Gasteiger partial charge in [-0.15, -0.1) is 0 Å². The summed E-state index contributed by atoms with van der Waals surface area (Å²) in [6.07, 6.45) is 3.31. The van der Waals surface area contributed by atoms with E-state index in [1.807, 2.05) is 13.0 Å². The van der Waals surface area contributed by atoms with Crippen LogP contribution >= 0.6 is 0 Å². The van der Waals surface area contributed by atoms with E-state index in [9.17, 15) is 8.42 Å². The molecule has 1 aliphatic carbocycles.